The van der Waals surface area contributed by atoms with Crippen LogP contribution in [-0.4, -0.2) is 6.61 Å². The Balaban J connectivity index is 2.92. The molecule has 0 aromatic heterocycles. The first-order valence-electron chi connectivity index (χ1n) is 6.68. The highest BCUT2D eigenvalue weighted by Crippen LogP contribution is 2.09. The van der Waals surface area contributed by atoms with E-state index in [1.165, 1.54) is 57.8 Å². The van der Waals surface area contributed by atoms with Gasteiger partial charge in [0.05, 0.1) is 12.9 Å². The van der Waals surface area contributed by atoms with E-state index in [1.807, 2.05) is 13.2 Å². The number of hydrogen-bond donors (Lipinski definition) is 0. The van der Waals surface area contributed by atoms with Crippen LogP contribution < -0.4 is 0 Å². The van der Waals surface area contributed by atoms with Gasteiger partial charge in [-0.05, 0) is 25.8 Å². The fraction of sp³-hybridized carbons (Fsp3) is 0.857. The van der Waals surface area contributed by atoms with Gasteiger partial charge in [-0.3, -0.25) is 0 Å². The van der Waals surface area contributed by atoms with Crippen LogP contribution in [-0.2, 0) is 4.74 Å². The predicted molar refractivity (Wildman–Crippen MR) is 68.0 cm³/mol. The van der Waals surface area contributed by atoms with Gasteiger partial charge in [0.2, 0.25) is 0 Å². The fourth-order valence-electron chi connectivity index (χ4n) is 1.63. The van der Waals surface area contributed by atoms with E-state index in [0.717, 1.165) is 6.61 Å². The lowest BCUT2D eigenvalue weighted by atomic mass is 10.1. The molecule has 0 aliphatic heterocycles. The number of unbranched alkanes of at least 4 members (excludes halogenated alkanes) is 8. The Labute approximate surface area is 95.9 Å². The van der Waals surface area contributed by atoms with E-state index in [-0.39, 0.29) is 0 Å². The van der Waals surface area contributed by atoms with Crippen LogP contribution in [0.5, 0.6) is 0 Å². The van der Waals surface area contributed by atoms with Crippen LogP contribution in [0.3, 0.4) is 0 Å². The summed E-state index contributed by atoms with van der Waals surface area (Å²) in [6, 6.07) is 0. The molecule has 0 amide bonds. The summed E-state index contributed by atoms with van der Waals surface area (Å²) in [6.07, 6.45) is 16.3. The van der Waals surface area contributed by atoms with Gasteiger partial charge in [0, 0.05) is 0 Å². The Morgan fingerprint density at radius 1 is 0.800 bits per heavy atom. The zero-order valence-corrected chi connectivity index (χ0v) is 10.6. The van der Waals surface area contributed by atoms with Crippen LogP contribution in [0.4, 0.5) is 0 Å². The van der Waals surface area contributed by atoms with E-state index in [0.29, 0.717) is 0 Å². The Morgan fingerprint density at radius 3 is 2.00 bits per heavy atom. The zero-order valence-electron chi connectivity index (χ0n) is 10.6. The van der Waals surface area contributed by atoms with Crippen LogP contribution in [0, 0.1) is 0 Å². The first-order chi connectivity index (χ1) is 7.41. The first kappa shape index (κ1) is 14.5. The molecule has 0 fully saturated rings. The highest BCUT2D eigenvalue weighted by Gasteiger charge is 1.90. The van der Waals surface area contributed by atoms with Crippen molar-refractivity contribution in [2.45, 2.75) is 71.6 Å². The summed E-state index contributed by atoms with van der Waals surface area (Å²) >= 11 is 0. The molecule has 0 bridgehead atoms. The van der Waals surface area contributed by atoms with E-state index >= 15 is 0 Å². The van der Waals surface area contributed by atoms with E-state index in [1.54, 1.807) is 0 Å². The lowest BCUT2D eigenvalue weighted by molar-refractivity contribution is 0.268. The summed E-state index contributed by atoms with van der Waals surface area (Å²) < 4.78 is 5.12. The molecule has 0 heterocycles. The van der Waals surface area contributed by atoms with Gasteiger partial charge in [-0.2, -0.15) is 0 Å². The molecular weight excluding hydrogens is 184 g/mol. The fourth-order valence-corrected chi connectivity index (χ4v) is 1.63. The van der Waals surface area contributed by atoms with Crippen molar-refractivity contribution >= 4 is 0 Å². The summed E-state index contributed by atoms with van der Waals surface area (Å²) in [5.41, 5.74) is 0. The molecule has 0 radical (unpaired) electrons. The normalized spacial score (nSPS) is 11.1. The Kier molecular flexibility index (Phi) is 13.1. The molecule has 0 aliphatic rings. The topological polar surface area (TPSA) is 9.23 Å². The number of hydrogen-bond acceptors (Lipinski definition) is 1. The van der Waals surface area contributed by atoms with Crippen molar-refractivity contribution in [3.63, 3.8) is 0 Å². The third kappa shape index (κ3) is 13.5. The minimum Gasteiger partial charge on any atom is -0.502 e. The standard InChI is InChI=1S/C14H28O/c1-3-5-6-7-8-9-10-11-12-13-14-15-4-2/h13-14H,3-12H2,1-2H3. The zero-order chi connectivity index (χ0) is 11.2. The minimum atomic E-state index is 0.786. The van der Waals surface area contributed by atoms with Crippen LogP contribution >= 0.6 is 0 Å². The van der Waals surface area contributed by atoms with Gasteiger partial charge >= 0.3 is 0 Å². The van der Waals surface area contributed by atoms with E-state index in [9.17, 15) is 0 Å². The maximum absolute atomic E-state index is 5.12. The van der Waals surface area contributed by atoms with Crippen molar-refractivity contribution in [2.75, 3.05) is 6.61 Å². The van der Waals surface area contributed by atoms with Crippen molar-refractivity contribution < 1.29 is 4.74 Å². The van der Waals surface area contributed by atoms with E-state index in [4.69, 9.17) is 4.74 Å². The summed E-state index contributed by atoms with van der Waals surface area (Å²) in [5.74, 6) is 0. The molecule has 0 aromatic rings. The highest BCUT2D eigenvalue weighted by molar-refractivity contribution is 4.72. The van der Waals surface area contributed by atoms with Crippen molar-refractivity contribution in [1.29, 1.82) is 0 Å². The van der Waals surface area contributed by atoms with Gasteiger partial charge in [0.1, 0.15) is 0 Å². The third-order valence-corrected chi connectivity index (χ3v) is 2.58. The first-order valence-corrected chi connectivity index (χ1v) is 6.68. The average Bonchev–Trinajstić information content (AvgIpc) is 2.26. The molecule has 1 heteroatoms. The van der Waals surface area contributed by atoms with Crippen molar-refractivity contribution in [1.82, 2.24) is 0 Å². The van der Waals surface area contributed by atoms with Crippen LogP contribution in [0.15, 0.2) is 12.3 Å². The second kappa shape index (κ2) is 13.5. The second-order valence-corrected chi connectivity index (χ2v) is 4.09. The predicted octanol–water partition coefficient (Wildman–Crippen LogP) is 5.07. The van der Waals surface area contributed by atoms with Gasteiger partial charge in [-0.25, -0.2) is 0 Å². The molecule has 0 spiro atoms. The van der Waals surface area contributed by atoms with Gasteiger partial charge in [-0.15, -0.1) is 0 Å². The molecule has 15 heavy (non-hydrogen) atoms. The molecule has 0 aromatic carbocycles. The third-order valence-electron chi connectivity index (χ3n) is 2.58. The van der Waals surface area contributed by atoms with E-state index < -0.39 is 0 Å². The quantitative estimate of drug-likeness (QED) is 0.343. The van der Waals surface area contributed by atoms with E-state index in [2.05, 4.69) is 13.0 Å². The SMILES string of the molecule is CCCCCCCCCCC=COCC. The van der Waals surface area contributed by atoms with Crippen molar-refractivity contribution in [3.05, 3.63) is 12.3 Å². The molecule has 0 saturated carbocycles. The summed E-state index contributed by atoms with van der Waals surface area (Å²) in [5, 5.41) is 0. The Hall–Kier alpha value is -0.460. The smallest absolute Gasteiger partial charge is 0.0845 e. The van der Waals surface area contributed by atoms with Crippen molar-refractivity contribution in [3.8, 4) is 0 Å². The lowest BCUT2D eigenvalue weighted by Gasteiger charge is -1.99. The largest absolute Gasteiger partial charge is 0.502 e. The number of ether oxygens (including phenoxy) is 1. The molecule has 0 saturated heterocycles. The maximum Gasteiger partial charge on any atom is 0.0845 e. The summed E-state index contributed by atoms with van der Waals surface area (Å²) in [4.78, 5) is 0. The molecule has 0 N–H and O–H groups in total. The maximum atomic E-state index is 5.12. The molecule has 90 valence electrons. The summed E-state index contributed by atoms with van der Waals surface area (Å²) in [7, 11) is 0. The minimum absolute atomic E-state index is 0.786. The lowest BCUT2D eigenvalue weighted by Crippen LogP contribution is -1.80. The Morgan fingerprint density at radius 2 is 1.40 bits per heavy atom. The molecule has 0 rings (SSSR count). The molecule has 0 aliphatic carbocycles. The molecule has 1 nitrogen and oxygen atoms in total. The van der Waals surface area contributed by atoms with Crippen LogP contribution in [0.2, 0.25) is 0 Å². The van der Waals surface area contributed by atoms with Crippen LogP contribution in [0.25, 0.3) is 0 Å². The summed E-state index contributed by atoms with van der Waals surface area (Å²) in [6.45, 7) is 5.07. The average molecular weight is 212 g/mol. The second-order valence-electron chi connectivity index (χ2n) is 4.09. The molecular formula is C14H28O. The van der Waals surface area contributed by atoms with Gasteiger partial charge in [0.25, 0.3) is 0 Å². The number of rotatable bonds is 11. The molecule has 0 unspecified atom stereocenters. The monoisotopic (exact) mass is 212 g/mol. The Bertz CT molecular complexity index is 129. The highest BCUT2D eigenvalue weighted by atomic mass is 16.5. The molecule has 0 atom stereocenters. The van der Waals surface area contributed by atoms with Gasteiger partial charge < -0.3 is 4.74 Å². The van der Waals surface area contributed by atoms with Crippen LogP contribution in [0.1, 0.15) is 71.6 Å². The van der Waals surface area contributed by atoms with Crippen molar-refractivity contribution in [2.24, 2.45) is 0 Å². The number of allylic oxidation sites excluding steroid dienone is 1. The van der Waals surface area contributed by atoms with Gasteiger partial charge in [-0.1, -0.05) is 51.9 Å². The van der Waals surface area contributed by atoms with Gasteiger partial charge in [0.15, 0.2) is 0 Å².